The van der Waals surface area contributed by atoms with Gasteiger partial charge in [0, 0.05) is 16.6 Å². The van der Waals surface area contributed by atoms with E-state index in [0.29, 0.717) is 6.61 Å². The molecule has 0 radical (unpaired) electrons. The molecule has 0 atom stereocenters. The predicted molar refractivity (Wildman–Crippen MR) is 91.9 cm³/mol. The molecule has 0 aromatic heterocycles. The highest BCUT2D eigenvalue weighted by Gasteiger charge is 2.06. The van der Waals surface area contributed by atoms with E-state index in [1.165, 1.54) is 0 Å². The molecule has 0 bridgehead atoms. The third-order valence-corrected chi connectivity index (χ3v) is 4.11. The molecule has 0 spiro atoms. The van der Waals surface area contributed by atoms with Gasteiger partial charge in [-0.2, -0.15) is 0 Å². The van der Waals surface area contributed by atoms with E-state index in [4.69, 9.17) is 9.47 Å². The topological polar surface area (TPSA) is 30.5 Å². The Balaban J connectivity index is 2.10. The van der Waals surface area contributed by atoms with Gasteiger partial charge in [0.05, 0.1) is 11.6 Å². The minimum atomic E-state index is 0.515. The highest BCUT2D eigenvalue weighted by atomic mass is 79.9. The van der Waals surface area contributed by atoms with Gasteiger partial charge in [0.1, 0.15) is 18.1 Å². The summed E-state index contributed by atoms with van der Waals surface area (Å²) >= 11 is 6.97. The lowest BCUT2D eigenvalue weighted by Crippen LogP contribution is -2.07. The van der Waals surface area contributed by atoms with Crippen molar-refractivity contribution in [1.82, 2.24) is 5.32 Å². The lowest BCUT2D eigenvalue weighted by Gasteiger charge is -2.13. The van der Waals surface area contributed by atoms with Gasteiger partial charge in [-0.15, -0.1) is 0 Å². The minimum absolute atomic E-state index is 0.515. The van der Waals surface area contributed by atoms with Gasteiger partial charge >= 0.3 is 0 Å². The summed E-state index contributed by atoms with van der Waals surface area (Å²) < 4.78 is 13.1. The van der Waals surface area contributed by atoms with E-state index in [1.807, 2.05) is 37.4 Å². The smallest absolute Gasteiger partial charge is 0.133 e. The van der Waals surface area contributed by atoms with Crippen LogP contribution in [0.15, 0.2) is 45.3 Å². The molecular weight excluding hydrogens is 398 g/mol. The second-order valence-corrected chi connectivity index (χ2v) is 6.31. The van der Waals surface area contributed by atoms with E-state index in [2.05, 4.69) is 43.2 Å². The molecule has 0 unspecified atom stereocenters. The van der Waals surface area contributed by atoms with Crippen LogP contribution in [0.2, 0.25) is 0 Å². The molecule has 5 heteroatoms. The van der Waals surface area contributed by atoms with Crippen molar-refractivity contribution in [3.8, 4) is 11.5 Å². The zero-order chi connectivity index (χ0) is 15.2. The first kappa shape index (κ1) is 16.3. The van der Waals surface area contributed by atoms with Gasteiger partial charge in [-0.1, -0.05) is 22.0 Å². The van der Waals surface area contributed by atoms with Crippen molar-refractivity contribution >= 4 is 31.9 Å². The molecular formula is C16H17Br2NO2. The molecule has 0 fully saturated rings. The van der Waals surface area contributed by atoms with Crippen LogP contribution in [0.4, 0.5) is 0 Å². The molecule has 0 saturated heterocycles. The Hall–Kier alpha value is -1.04. The van der Waals surface area contributed by atoms with Crippen molar-refractivity contribution in [2.24, 2.45) is 0 Å². The average molecular weight is 415 g/mol. The standard InChI is InChI=1S/C16H17Br2NO2/c1-19-9-12-8-13(17)4-6-15(12)21-10-11-3-5-16(20-2)14(18)7-11/h3-8,19H,9-10H2,1-2H3. The maximum atomic E-state index is 5.94. The quantitative estimate of drug-likeness (QED) is 0.753. The summed E-state index contributed by atoms with van der Waals surface area (Å²) in [5.74, 6) is 1.71. The number of methoxy groups -OCH3 is 1. The molecule has 0 aliphatic carbocycles. The van der Waals surface area contributed by atoms with E-state index in [1.54, 1.807) is 7.11 Å². The predicted octanol–water partition coefficient (Wildman–Crippen LogP) is 4.52. The van der Waals surface area contributed by atoms with Gasteiger partial charge < -0.3 is 14.8 Å². The monoisotopic (exact) mass is 413 g/mol. The van der Waals surface area contributed by atoms with Crippen LogP contribution in [0.25, 0.3) is 0 Å². The molecule has 0 heterocycles. The fourth-order valence-corrected chi connectivity index (χ4v) is 2.97. The van der Waals surface area contributed by atoms with Crippen LogP contribution in [-0.4, -0.2) is 14.2 Å². The molecule has 0 amide bonds. The number of halogens is 2. The first-order valence-electron chi connectivity index (χ1n) is 6.52. The molecule has 3 nitrogen and oxygen atoms in total. The maximum Gasteiger partial charge on any atom is 0.133 e. The van der Waals surface area contributed by atoms with Gasteiger partial charge in [0.25, 0.3) is 0 Å². The molecule has 0 aliphatic rings. The number of rotatable bonds is 6. The van der Waals surface area contributed by atoms with Crippen molar-refractivity contribution < 1.29 is 9.47 Å². The highest BCUT2D eigenvalue weighted by Crippen LogP contribution is 2.27. The first-order valence-corrected chi connectivity index (χ1v) is 8.11. The van der Waals surface area contributed by atoms with Crippen LogP contribution in [0.1, 0.15) is 11.1 Å². The molecule has 2 rings (SSSR count). The number of benzene rings is 2. The van der Waals surface area contributed by atoms with E-state index >= 15 is 0 Å². The van der Waals surface area contributed by atoms with Crippen molar-refractivity contribution in [2.75, 3.05) is 14.2 Å². The fraction of sp³-hybridized carbons (Fsp3) is 0.250. The Kier molecular flexibility index (Phi) is 6.08. The van der Waals surface area contributed by atoms with Crippen LogP contribution in [0, 0.1) is 0 Å². The Morgan fingerprint density at radius 2 is 1.81 bits per heavy atom. The molecule has 2 aromatic carbocycles. The van der Waals surface area contributed by atoms with E-state index in [9.17, 15) is 0 Å². The lowest BCUT2D eigenvalue weighted by atomic mass is 10.2. The summed E-state index contributed by atoms with van der Waals surface area (Å²) in [5.41, 5.74) is 2.21. The van der Waals surface area contributed by atoms with E-state index < -0.39 is 0 Å². The van der Waals surface area contributed by atoms with Crippen LogP contribution in [0.5, 0.6) is 11.5 Å². The van der Waals surface area contributed by atoms with E-state index in [-0.39, 0.29) is 0 Å². The van der Waals surface area contributed by atoms with Crippen molar-refractivity contribution in [3.05, 3.63) is 56.5 Å². The summed E-state index contributed by atoms with van der Waals surface area (Å²) in [6.45, 7) is 1.28. The minimum Gasteiger partial charge on any atom is -0.496 e. The number of hydrogen-bond donors (Lipinski definition) is 1. The Morgan fingerprint density at radius 1 is 1.05 bits per heavy atom. The zero-order valence-corrected chi connectivity index (χ0v) is 15.1. The number of ether oxygens (including phenoxy) is 2. The third kappa shape index (κ3) is 4.46. The molecule has 2 aromatic rings. The zero-order valence-electron chi connectivity index (χ0n) is 12.0. The summed E-state index contributed by atoms with van der Waals surface area (Å²) in [6, 6.07) is 12.0. The van der Waals surface area contributed by atoms with Crippen molar-refractivity contribution in [2.45, 2.75) is 13.2 Å². The van der Waals surface area contributed by atoms with Crippen LogP contribution < -0.4 is 14.8 Å². The third-order valence-electron chi connectivity index (χ3n) is 3.00. The second-order valence-electron chi connectivity index (χ2n) is 4.54. The SMILES string of the molecule is CNCc1cc(Br)ccc1OCc1ccc(OC)c(Br)c1. The van der Waals surface area contributed by atoms with Crippen molar-refractivity contribution in [1.29, 1.82) is 0 Å². The molecule has 0 aliphatic heterocycles. The summed E-state index contributed by atoms with van der Waals surface area (Å²) in [6.07, 6.45) is 0. The largest absolute Gasteiger partial charge is 0.496 e. The molecule has 112 valence electrons. The molecule has 0 saturated carbocycles. The van der Waals surface area contributed by atoms with Gasteiger partial charge in [-0.05, 0) is 58.9 Å². The molecule has 1 N–H and O–H groups in total. The number of hydrogen-bond acceptors (Lipinski definition) is 3. The summed E-state index contributed by atoms with van der Waals surface area (Å²) in [5, 5.41) is 3.15. The Bertz CT molecular complexity index is 617. The van der Waals surface area contributed by atoms with Gasteiger partial charge in [-0.3, -0.25) is 0 Å². The first-order chi connectivity index (χ1) is 10.1. The summed E-state index contributed by atoms with van der Waals surface area (Å²) in [7, 11) is 3.58. The highest BCUT2D eigenvalue weighted by molar-refractivity contribution is 9.10. The Labute approximate surface area is 141 Å². The Morgan fingerprint density at radius 3 is 2.48 bits per heavy atom. The lowest BCUT2D eigenvalue weighted by molar-refractivity contribution is 0.302. The molecule has 21 heavy (non-hydrogen) atoms. The van der Waals surface area contributed by atoms with Crippen LogP contribution in [-0.2, 0) is 13.2 Å². The number of nitrogens with one attached hydrogen (secondary N) is 1. The van der Waals surface area contributed by atoms with Crippen LogP contribution >= 0.6 is 31.9 Å². The average Bonchev–Trinajstić information content (AvgIpc) is 2.47. The van der Waals surface area contributed by atoms with Gasteiger partial charge in [0.15, 0.2) is 0 Å². The van der Waals surface area contributed by atoms with Gasteiger partial charge in [0.2, 0.25) is 0 Å². The van der Waals surface area contributed by atoms with Crippen LogP contribution in [0.3, 0.4) is 0 Å². The summed E-state index contributed by atoms with van der Waals surface area (Å²) in [4.78, 5) is 0. The van der Waals surface area contributed by atoms with Gasteiger partial charge in [-0.25, -0.2) is 0 Å². The normalized spacial score (nSPS) is 10.5. The maximum absolute atomic E-state index is 5.94. The van der Waals surface area contributed by atoms with Crippen molar-refractivity contribution in [3.63, 3.8) is 0 Å². The van der Waals surface area contributed by atoms with E-state index in [0.717, 1.165) is 38.1 Å². The second kappa shape index (κ2) is 7.82. The fourth-order valence-electron chi connectivity index (χ4n) is 1.98.